The monoisotopic (exact) mass is 730 g/mol. The third-order valence-corrected chi connectivity index (χ3v) is 12.2. The van der Waals surface area contributed by atoms with Crippen molar-refractivity contribution in [1.82, 2.24) is 0 Å². The fourth-order valence-corrected chi connectivity index (χ4v) is 9.40. The summed E-state index contributed by atoms with van der Waals surface area (Å²) in [4.78, 5) is 4.82. The molecule has 0 saturated carbocycles. The number of rotatable bonds is 5. The van der Waals surface area contributed by atoms with Gasteiger partial charge in [-0.1, -0.05) is 117 Å². The number of hydrogen-bond acceptors (Lipinski definition) is 4. The Balaban J connectivity index is 1.28. The van der Waals surface area contributed by atoms with Crippen LogP contribution in [0.15, 0.2) is 121 Å². The van der Waals surface area contributed by atoms with Crippen LogP contribution in [0.3, 0.4) is 0 Å². The zero-order valence-electron chi connectivity index (χ0n) is 33.8. The van der Waals surface area contributed by atoms with E-state index in [1.165, 1.54) is 77.8 Å². The van der Waals surface area contributed by atoms with Crippen molar-refractivity contribution >= 4 is 57.2 Å². The number of benzene rings is 7. The van der Waals surface area contributed by atoms with Gasteiger partial charge >= 0.3 is 0 Å². The predicted molar refractivity (Wildman–Crippen MR) is 236 cm³/mol. The Morgan fingerprint density at radius 2 is 0.768 bits per heavy atom. The third-order valence-electron chi connectivity index (χ3n) is 12.2. The molecule has 0 saturated heterocycles. The van der Waals surface area contributed by atoms with E-state index >= 15 is 0 Å². The second-order valence-electron chi connectivity index (χ2n) is 15.7. The van der Waals surface area contributed by atoms with Crippen LogP contribution in [0.25, 0.3) is 0 Å². The van der Waals surface area contributed by atoms with Crippen molar-refractivity contribution in [2.45, 2.75) is 62.3 Å². The summed E-state index contributed by atoms with van der Waals surface area (Å²) in [5, 5.41) is 0. The molecule has 0 bridgehead atoms. The van der Waals surface area contributed by atoms with Crippen molar-refractivity contribution in [2.75, 3.05) is 9.80 Å². The Hall–Kier alpha value is -6.20. The molecule has 0 N–H and O–H groups in total. The molecule has 0 atom stereocenters. The molecule has 0 aromatic heterocycles. The molecule has 5 heteroatoms. The smallest absolute Gasteiger partial charge is 0.242 e. The van der Waals surface area contributed by atoms with Crippen LogP contribution in [0, 0.1) is 62.3 Å². The maximum atomic E-state index is 6.45. The van der Waals surface area contributed by atoms with E-state index in [4.69, 9.17) is 9.47 Å². The first kappa shape index (κ1) is 35.5. The van der Waals surface area contributed by atoms with E-state index in [1.54, 1.807) is 0 Å². The number of fused-ring (bicyclic) bond motifs is 4. The van der Waals surface area contributed by atoms with Crippen molar-refractivity contribution in [1.29, 1.82) is 0 Å². The summed E-state index contributed by atoms with van der Waals surface area (Å²) in [5.41, 5.74) is 22.2. The Kier molecular flexibility index (Phi) is 8.58. The Morgan fingerprint density at radius 3 is 1.20 bits per heavy atom. The van der Waals surface area contributed by atoms with E-state index in [9.17, 15) is 0 Å². The van der Waals surface area contributed by atoms with Crippen LogP contribution in [-0.2, 0) is 0 Å². The number of hydrogen-bond donors (Lipinski definition) is 0. The van der Waals surface area contributed by atoms with Crippen LogP contribution in [-0.4, -0.2) is 6.71 Å². The average Bonchev–Trinajstić information content (AvgIpc) is 3.19. The van der Waals surface area contributed by atoms with Crippen molar-refractivity contribution in [3.63, 3.8) is 0 Å². The minimum absolute atomic E-state index is 0.0139. The highest BCUT2D eigenvalue weighted by Gasteiger charge is 2.35. The molecule has 2 aliphatic rings. The van der Waals surface area contributed by atoms with E-state index in [-0.39, 0.29) is 6.71 Å². The van der Waals surface area contributed by atoms with Crippen LogP contribution in [0.4, 0.5) is 34.1 Å². The van der Waals surface area contributed by atoms with Gasteiger partial charge in [-0.2, -0.15) is 0 Å². The van der Waals surface area contributed by atoms with Crippen LogP contribution in [0.1, 0.15) is 50.1 Å². The largest absolute Gasteiger partial charge is 0.453 e. The first-order valence-electron chi connectivity index (χ1n) is 19.6. The standard InChI is InChI=1S/C51H47BN2O2/c1-30-26-31(2)28-39(27-30)52(40-29-32(3)50(36(7)33(40)4)53-41-18-10-14-22-45(41)55-46-23-15-11-19-42(46)53)49-34(5)37(8)51(38(9)35(49)6)54-43-20-12-16-24-47(43)56-48-25-17-13-21-44(48)54/h10-29H,1-9H3. The molecule has 0 radical (unpaired) electrons. The lowest BCUT2D eigenvalue weighted by Crippen LogP contribution is -2.55. The van der Waals surface area contributed by atoms with Gasteiger partial charge in [0.25, 0.3) is 0 Å². The number of para-hydroxylation sites is 8. The van der Waals surface area contributed by atoms with E-state index in [0.717, 1.165) is 45.7 Å². The zero-order chi connectivity index (χ0) is 39.0. The van der Waals surface area contributed by atoms with Gasteiger partial charge < -0.3 is 19.3 Å². The molecule has 56 heavy (non-hydrogen) atoms. The van der Waals surface area contributed by atoms with Crippen LogP contribution in [0.2, 0.25) is 0 Å². The predicted octanol–water partition coefficient (Wildman–Crippen LogP) is 12.1. The summed E-state index contributed by atoms with van der Waals surface area (Å²) in [5.74, 6) is 3.46. The highest BCUT2D eigenvalue weighted by molar-refractivity contribution is 6.96. The van der Waals surface area contributed by atoms with E-state index in [0.29, 0.717) is 0 Å². The maximum absolute atomic E-state index is 6.45. The topological polar surface area (TPSA) is 24.9 Å². The SMILES string of the molecule is Cc1cc(C)cc(B(c2cc(C)c(N3c4ccccc4Oc4ccccc43)c(C)c2C)c2c(C)c(C)c(N3c4ccccc4Oc4ccccc43)c(C)c2C)c1. The summed E-state index contributed by atoms with van der Waals surface area (Å²) < 4.78 is 12.9. The number of aryl methyl sites for hydroxylation is 3. The molecule has 0 unspecified atom stereocenters. The Morgan fingerprint density at radius 1 is 0.393 bits per heavy atom. The molecule has 0 spiro atoms. The maximum Gasteiger partial charge on any atom is 0.242 e. The first-order chi connectivity index (χ1) is 27.0. The summed E-state index contributed by atoms with van der Waals surface area (Å²) >= 11 is 0. The lowest BCUT2D eigenvalue weighted by Gasteiger charge is -2.37. The zero-order valence-corrected chi connectivity index (χ0v) is 33.8. The molecule has 7 aromatic carbocycles. The fourth-order valence-electron chi connectivity index (χ4n) is 9.40. The second-order valence-corrected chi connectivity index (χ2v) is 15.7. The van der Waals surface area contributed by atoms with Crippen LogP contribution < -0.4 is 35.7 Å². The number of ether oxygens (including phenoxy) is 2. The molecule has 7 aromatic rings. The molecule has 9 rings (SSSR count). The van der Waals surface area contributed by atoms with E-state index < -0.39 is 0 Å². The molecule has 0 aliphatic carbocycles. The minimum atomic E-state index is 0.0139. The lowest BCUT2D eigenvalue weighted by molar-refractivity contribution is 0.476. The molecule has 0 amide bonds. The minimum Gasteiger partial charge on any atom is -0.453 e. The normalized spacial score (nSPS) is 12.6. The molecule has 276 valence electrons. The highest BCUT2D eigenvalue weighted by atomic mass is 16.5. The molecule has 2 aliphatic heterocycles. The lowest BCUT2D eigenvalue weighted by atomic mass is 9.34. The van der Waals surface area contributed by atoms with Gasteiger partial charge in [-0.25, -0.2) is 0 Å². The van der Waals surface area contributed by atoms with Crippen molar-refractivity contribution in [3.05, 3.63) is 171 Å². The van der Waals surface area contributed by atoms with Crippen molar-refractivity contribution in [3.8, 4) is 23.0 Å². The van der Waals surface area contributed by atoms with Crippen LogP contribution >= 0.6 is 0 Å². The van der Waals surface area contributed by atoms with Crippen molar-refractivity contribution in [2.24, 2.45) is 0 Å². The number of anilines is 6. The van der Waals surface area contributed by atoms with Gasteiger partial charge in [0.05, 0.1) is 34.1 Å². The Bertz CT molecular complexity index is 2590. The first-order valence-corrected chi connectivity index (χ1v) is 19.6. The summed E-state index contributed by atoms with van der Waals surface area (Å²) in [6.07, 6.45) is 0. The van der Waals surface area contributed by atoms with Crippen LogP contribution in [0.5, 0.6) is 23.0 Å². The molecular formula is C51H47BN2O2. The van der Waals surface area contributed by atoms with Gasteiger partial charge in [-0.05, 0) is 133 Å². The molecule has 4 nitrogen and oxygen atoms in total. The van der Waals surface area contributed by atoms with Gasteiger partial charge in [0, 0.05) is 0 Å². The van der Waals surface area contributed by atoms with Gasteiger partial charge in [0.2, 0.25) is 6.71 Å². The average molecular weight is 731 g/mol. The summed E-state index contributed by atoms with van der Waals surface area (Å²) in [6, 6.07) is 43.1. The third kappa shape index (κ3) is 5.51. The summed E-state index contributed by atoms with van der Waals surface area (Å²) in [7, 11) is 0. The van der Waals surface area contributed by atoms with Gasteiger partial charge in [-0.3, -0.25) is 0 Å². The van der Waals surface area contributed by atoms with E-state index in [2.05, 4.69) is 169 Å². The fraction of sp³-hybridized carbons (Fsp3) is 0.176. The van der Waals surface area contributed by atoms with Crippen molar-refractivity contribution < 1.29 is 9.47 Å². The van der Waals surface area contributed by atoms with Gasteiger partial charge in [0.1, 0.15) is 0 Å². The molecule has 0 fully saturated rings. The van der Waals surface area contributed by atoms with E-state index in [1.807, 2.05) is 24.3 Å². The molecule has 2 heterocycles. The quantitative estimate of drug-likeness (QED) is 0.165. The highest BCUT2D eigenvalue weighted by Crippen LogP contribution is 2.53. The second kappa shape index (κ2) is 13.5. The summed E-state index contributed by atoms with van der Waals surface area (Å²) in [6.45, 7) is 20.6. The van der Waals surface area contributed by atoms with Gasteiger partial charge in [-0.15, -0.1) is 0 Å². The Labute approximate surface area is 332 Å². The number of nitrogens with zero attached hydrogens (tertiary/aromatic N) is 2. The van der Waals surface area contributed by atoms with Gasteiger partial charge in [0.15, 0.2) is 23.0 Å². The molecular weight excluding hydrogens is 683 g/mol.